The van der Waals surface area contributed by atoms with E-state index in [0.717, 1.165) is 15.8 Å². The summed E-state index contributed by atoms with van der Waals surface area (Å²) in [5, 5.41) is 11.0. The predicted molar refractivity (Wildman–Crippen MR) is 75.6 cm³/mol. The first kappa shape index (κ1) is 12.6. The SMILES string of the molecule is Cc1csc2c(Oc3cccc(C(=O)O)c3)ncnc12. The van der Waals surface area contributed by atoms with Crippen molar-refractivity contribution in [1.82, 2.24) is 9.97 Å². The van der Waals surface area contributed by atoms with E-state index in [1.165, 1.54) is 29.8 Å². The minimum absolute atomic E-state index is 0.176. The van der Waals surface area contributed by atoms with Crippen molar-refractivity contribution in [2.45, 2.75) is 6.92 Å². The molecule has 3 rings (SSSR count). The lowest BCUT2D eigenvalue weighted by Crippen LogP contribution is -1.96. The number of aromatic carboxylic acids is 1. The van der Waals surface area contributed by atoms with Crippen molar-refractivity contribution in [2.75, 3.05) is 0 Å². The molecule has 100 valence electrons. The molecule has 0 bridgehead atoms. The molecule has 0 atom stereocenters. The second-order valence-corrected chi connectivity index (χ2v) is 5.09. The van der Waals surface area contributed by atoms with Crippen LogP contribution >= 0.6 is 11.3 Å². The highest BCUT2D eigenvalue weighted by Crippen LogP contribution is 2.32. The molecular weight excluding hydrogens is 276 g/mol. The zero-order valence-electron chi connectivity index (χ0n) is 10.5. The van der Waals surface area contributed by atoms with Gasteiger partial charge < -0.3 is 9.84 Å². The molecule has 0 fully saturated rings. The molecule has 0 spiro atoms. The summed E-state index contributed by atoms with van der Waals surface area (Å²) in [6, 6.07) is 6.31. The minimum Gasteiger partial charge on any atom is -0.478 e. The van der Waals surface area contributed by atoms with Crippen LogP contribution < -0.4 is 4.74 Å². The lowest BCUT2D eigenvalue weighted by atomic mass is 10.2. The number of benzene rings is 1. The van der Waals surface area contributed by atoms with Gasteiger partial charge in [-0.2, -0.15) is 0 Å². The average Bonchev–Trinajstić information content (AvgIpc) is 2.82. The van der Waals surface area contributed by atoms with Gasteiger partial charge in [-0.3, -0.25) is 0 Å². The smallest absolute Gasteiger partial charge is 0.335 e. The van der Waals surface area contributed by atoms with E-state index in [2.05, 4.69) is 9.97 Å². The Hall–Kier alpha value is -2.47. The van der Waals surface area contributed by atoms with Gasteiger partial charge in [-0.05, 0) is 36.1 Å². The number of rotatable bonds is 3. The van der Waals surface area contributed by atoms with Crippen LogP contribution in [0.2, 0.25) is 0 Å². The van der Waals surface area contributed by atoms with Crippen LogP contribution in [-0.2, 0) is 0 Å². The summed E-state index contributed by atoms with van der Waals surface area (Å²) in [6.45, 7) is 1.97. The first-order chi connectivity index (χ1) is 9.65. The molecule has 0 aliphatic carbocycles. The van der Waals surface area contributed by atoms with Crippen molar-refractivity contribution < 1.29 is 14.6 Å². The highest BCUT2D eigenvalue weighted by atomic mass is 32.1. The van der Waals surface area contributed by atoms with Crippen molar-refractivity contribution in [1.29, 1.82) is 0 Å². The Morgan fingerprint density at radius 3 is 3.00 bits per heavy atom. The fourth-order valence-electron chi connectivity index (χ4n) is 1.82. The summed E-state index contributed by atoms with van der Waals surface area (Å²) in [5.74, 6) is -0.109. The van der Waals surface area contributed by atoms with E-state index in [4.69, 9.17) is 9.84 Å². The van der Waals surface area contributed by atoms with Gasteiger partial charge in [0, 0.05) is 0 Å². The zero-order chi connectivity index (χ0) is 14.1. The first-order valence-electron chi connectivity index (χ1n) is 5.85. The van der Waals surface area contributed by atoms with E-state index in [0.29, 0.717) is 11.6 Å². The summed E-state index contributed by atoms with van der Waals surface area (Å²) in [6.07, 6.45) is 1.44. The molecule has 3 aromatic rings. The predicted octanol–water partition coefficient (Wildman–Crippen LogP) is 3.49. The monoisotopic (exact) mass is 286 g/mol. The second kappa shape index (κ2) is 4.90. The molecule has 5 nitrogen and oxygen atoms in total. The van der Waals surface area contributed by atoms with E-state index in [9.17, 15) is 4.79 Å². The highest BCUT2D eigenvalue weighted by Gasteiger charge is 2.11. The summed E-state index contributed by atoms with van der Waals surface area (Å²) in [5.41, 5.74) is 2.10. The van der Waals surface area contributed by atoms with E-state index in [1.807, 2.05) is 12.3 Å². The van der Waals surface area contributed by atoms with E-state index in [-0.39, 0.29) is 5.56 Å². The van der Waals surface area contributed by atoms with Crippen LogP contribution in [0.3, 0.4) is 0 Å². The van der Waals surface area contributed by atoms with Gasteiger partial charge in [-0.1, -0.05) is 6.07 Å². The van der Waals surface area contributed by atoms with Crippen molar-refractivity contribution >= 4 is 27.5 Å². The molecule has 0 unspecified atom stereocenters. The van der Waals surface area contributed by atoms with Crippen LogP contribution in [0.1, 0.15) is 15.9 Å². The van der Waals surface area contributed by atoms with Gasteiger partial charge in [-0.15, -0.1) is 11.3 Å². The molecule has 20 heavy (non-hydrogen) atoms. The maximum atomic E-state index is 10.9. The molecule has 1 aromatic carbocycles. The summed E-state index contributed by atoms with van der Waals surface area (Å²) >= 11 is 1.50. The summed E-state index contributed by atoms with van der Waals surface area (Å²) in [7, 11) is 0. The zero-order valence-corrected chi connectivity index (χ0v) is 11.3. The molecule has 2 aromatic heterocycles. The second-order valence-electron chi connectivity index (χ2n) is 4.21. The molecule has 0 aliphatic heterocycles. The van der Waals surface area contributed by atoms with Gasteiger partial charge in [0.1, 0.15) is 16.8 Å². The maximum Gasteiger partial charge on any atom is 0.335 e. The van der Waals surface area contributed by atoms with Crippen LogP contribution in [0.4, 0.5) is 0 Å². The van der Waals surface area contributed by atoms with Gasteiger partial charge in [0.25, 0.3) is 0 Å². The number of aryl methyl sites for hydroxylation is 1. The Morgan fingerprint density at radius 1 is 1.35 bits per heavy atom. The van der Waals surface area contributed by atoms with Crippen LogP contribution in [0.5, 0.6) is 11.6 Å². The maximum absolute atomic E-state index is 10.9. The highest BCUT2D eigenvalue weighted by molar-refractivity contribution is 7.17. The number of thiophene rings is 1. The molecule has 0 radical (unpaired) electrons. The average molecular weight is 286 g/mol. The van der Waals surface area contributed by atoms with Crippen LogP contribution in [-0.4, -0.2) is 21.0 Å². The molecule has 2 heterocycles. The number of ether oxygens (including phenoxy) is 1. The molecule has 0 aliphatic rings. The Morgan fingerprint density at radius 2 is 2.20 bits per heavy atom. The third-order valence-corrected chi connectivity index (χ3v) is 3.87. The van der Waals surface area contributed by atoms with Gasteiger partial charge in [0.05, 0.1) is 11.1 Å². The fourth-order valence-corrected chi connectivity index (χ4v) is 2.75. The standard InChI is InChI=1S/C14H10N2O3S/c1-8-6-20-12-11(8)15-7-16-13(12)19-10-4-2-3-9(5-10)14(17)18/h2-7H,1H3,(H,17,18). The third kappa shape index (κ3) is 2.21. The van der Waals surface area contributed by atoms with Gasteiger partial charge in [-0.25, -0.2) is 14.8 Å². The summed E-state index contributed by atoms with van der Waals surface area (Å²) in [4.78, 5) is 19.3. The van der Waals surface area contributed by atoms with Crippen molar-refractivity contribution in [3.63, 3.8) is 0 Å². The minimum atomic E-state index is -0.991. The Kier molecular flexibility index (Phi) is 3.08. The van der Waals surface area contributed by atoms with Gasteiger partial charge >= 0.3 is 5.97 Å². The topological polar surface area (TPSA) is 72.3 Å². The van der Waals surface area contributed by atoms with Crippen molar-refractivity contribution in [3.05, 3.63) is 47.1 Å². The Balaban J connectivity index is 2.01. The van der Waals surface area contributed by atoms with Gasteiger partial charge in [0.15, 0.2) is 0 Å². The largest absolute Gasteiger partial charge is 0.478 e. The number of carboxylic acids is 1. The molecule has 0 saturated heterocycles. The number of nitrogens with zero attached hydrogens (tertiary/aromatic N) is 2. The van der Waals surface area contributed by atoms with Gasteiger partial charge in [0.2, 0.25) is 5.88 Å². The third-order valence-electron chi connectivity index (χ3n) is 2.79. The Bertz CT molecular complexity index is 798. The quantitative estimate of drug-likeness (QED) is 0.798. The molecular formula is C14H10N2O3S. The first-order valence-corrected chi connectivity index (χ1v) is 6.73. The van der Waals surface area contributed by atoms with Crippen LogP contribution in [0.15, 0.2) is 36.0 Å². The lowest BCUT2D eigenvalue weighted by Gasteiger charge is -2.06. The normalized spacial score (nSPS) is 10.7. The number of fused-ring (bicyclic) bond motifs is 1. The number of hydrogen-bond donors (Lipinski definition) is 1. The Labute approximate surface area is 118 Å². The van der Waals surface area contributed by atoms with Crippen LogP contribution in [0.25, 0.3) is 10.2 Å². The van der Waals surface area contributed by atoms with E-state index in [1.54, 1.807) is 12.1 Å². The number of carbonyl (C=O) groups is 1. The fraction of sp³-hybridized carbons (Fsp3) is 0.0714. The van der Waals surface area contributed by atoms with Crippen molar-refractivity contribution in [2.24, 2.45) is 0 Å². The summed E-state index contributed by atoms with van der Waals surface area (Å²) < 4.78 is 6.54. The number of aromatic nitrogens is 2. The number of hydrogen-bond acceptors (Lipinski definition) is 5. The molecule has 6 heteroatoms. The number of carboxylic acid groups (broad SMARTS) is 1. The van der Waals surface area contributed by atoms with Crippen molar-refractivity contribution in [3.8, 4) is 11.6 Å². The molecule has 1 N–H and O–H groups in total. The lowest BCUT2D eigenvalue weighted by molar-refractivity contribution is 0.0696. The van der Waals surface area contributed by atoms with E-state index >= 15 is 0 Å². The van der Waals surface area contributed by atoms with Crippen LogP contribution in [0, 0.1) is 6.92 Å². The van der Waals surface area contributed by atoms with E-state index < -0.39 is 5.97 Å². The molecule has 0 saturated carbocycles. The molecule has 0 amide bonds.